The van der Waals surface area contributed by atoms with Gasteiger partial charge in [-0.2, -0.15) is 8.78 Å². The molecule has 1 fully saturated rings. The molecular formula is C23H22F4N4O6. The first-order valence-electron chi connectivity index (χ1n) is 11.0. The van der Waals surface area contributed by atoms with E-state index >= 15 is 0 Å². The zero-order valence-electron chi connectivity index (χ0n) is 19.3. The number of nitrogens with zero attached hydrogens (tertiary/aromatic N) is 2. The fourth-order valence-corrected chi connectivity index (χ4v) is 3.51. The number of carbonyl (C=O) groups is 2. The van der Waals surface area contributed by atoms with Gasteiger partial charge in [0.2, 0.25) is 0 Å². The Hall–Kier alpha value is -4.23. The number of ether oxygens (including phenoxy) is 3. The lowest BCUT2D eigenvalue weighted by atomic mass is 10.1. The van der Waals surface area contributed by atoms with Crippen LogP contribution in [0.3, 0.4) is 0 Å². The second kappa shape index (κ2) is 10.4. The molecule has 3 aromatic rings. The second-order valence-electron chi connectivity index (χ2n) is 8.22. The van der Waals surface area contributed by atoms with Crippen LogP contribution in [0.2, 0.25) is 0 Å². The summed E-state index contributed by atoms with van der Waals surface area (Å²) in [4.78, 5) is 27.3. The molecule has 3 N–H and O–H groups in total. The average Bonchev–Trinajstić information content (AvgIpc) is 3.55. The van der Waals surface area contributed by atoms with Crippen LogP contribution in [0.4, 0.5) is 22.4 Å². The quantitative estimate of drug-likeness (QED) is 0.325. The van der Waals surface area contributed by atoms with E-state index in [4.69, 9.17) is 14.6 Å². The Morgan fingerprint density at radius 2 is 1.97 bits per heavy atom. The summed E-state index contributed by atoms with van der Waals surface area (Å²) in [6, 6.07) is 5.46. The molecule has 2 aromatic heterocycles. The van der Waals surface area contributed by atoms with Crippen LogP contribution < -0.4 is 24.8 Å². The third-order valence-electron chi connectivity index (χ3n) is 5.37. The molecule has 198 valence electrons. The van der Waals surface area contributed by atoms with Gasteiger partial charge < -0.3 is 30.0 Å². The fraction of sp³-hybridized carbons (Fsp3) is 0.348. The van der Waals surface area contributed by atoms with E-state index in [-0.39, 0.29) is 34.5 Å². The Morgan fingerprint density at radius 3 is 2.62 bits per heavy atom. The first kappa shape index (κ1) is 25.9. The molecule has 4 rings (SSSR count). The number of hydrogen-bond acceptors (Lipinski definition) is 6. The van der Waals surface area contributed by atoms with Gasteiger partial charge in [0.05, 0.1) is 25.5 Å². The SMILES string of the molecule is COc1cc(-c2cnc3cc(OCC(F)(F)CNC(=O)O)ccn23)cc(OC(F)F)c1C(=O)NC1CC1. The molecule has 1 aromatic carbocycles. The highest BCUT2D eigenvalue weighted by atomic mass is 19.3. The van der Waals surface area contributed by atoms with Crippen molar-refractivity contribution in [3.8, 4) is 28.5 Å². The van der Waals surface area contributed by atoms with Gasteiger partial charge in [0.15, 0.2) is 6.61 Å². The number of benzene rings is 1. The number of hydrogen-bond donors (Lipinski definition) is 3. The summed E-state index contributed by atoms with van der Waals surface area (Å²) in [5.41, 5.74) is 0.860. The van der Waals surface area contributed by atoms with Gasteiger partial charge in [-0.3, -0.25) is 9.20 Å². The highest BCUT2D eigenvalue weighted by Gasteiger charge is 2.31. The fourth-order valence-electron chi connectivity index (χ4n) is 3.51. The molecule has 1 saturated carbocycles. The van der Waals surface area contributed by atoms with Gasteiger partial charge in [0, 0.05) is 23.9 Å². The molecule has 0 aliphatic heterocycles. The van der Waals surface area contributed by atoms with Crippen LogP contribution in [-0.4, -0.2) is 65.3 Å². The predicted molar refractivity (Wildman–Crippen MR) is 121 cm³/mol. The number of fused-ring (bicyclic) bond motifs is 1. The van der Waals surface area contributed by atoms with E-state index in [1.54, 1.807) is 9.72 Å². The van der Waals surface area contributed by atoms with Crippen molar-refractivity contribution < 1.29 is 46.5 Å². The number of rotatable bonds is 11. The number of amides is 2. The molecule has 1 aliphatic carbocycles. The highest BCUT2D eigenvalue weighted by molar-refractivity contribution is 6.01. The van der Waals surface area contributed by atoms with Crippen molar-refractivity contribution in [3.63, 3.8) is 0 Å². The van der Waals surface area contributed by atoms with Gasteiger partial charge in [-0.1, -0.05) is 0 Å². The Morgan fingerprint density at radius 1 is 1.24 bits per heavy atom. The van der Waals surface area contributed by atoms with Crippen molar-refractivity contribution in [3.05, 3.63) is 42.2 Å². The van der Waals surface area contributed by atoms with Gasteiger partial charge in [0.1, 0.15) is 28.5 Å². The number of nitrogens with one attached hydrogen (secondary N) is 2. The van der Waals surface area contributed by atoms with Crippen molar-refractivity contribution >= 4 is 17.6 Å². The lowest BCUT2D eigenvalue weighted by Crippen LogP contribution is -2.40. The van der Waals surface area contributed by atoms with Crippen molar-refractivity contribution in [2.75, 3.05) is 20.3 Å². The zero-order valence-corrected chi connectivity index (χ0v) is 19.3. The molecule has 0 radical (unpaired) electrons. The molecule has 1 aliphatic rings. The van der Waals surface area contributed by atoms with Crippen LogP contribution in [0.25, 0.3) is 16.9 Å². The summed E-state index contributed by atoms with van der Waals surface area (Å²) in [5.74, 6) is -4.37. The minimum absolute atomic E-state index is 0.0124. The predicted octanol–water partition coefficient (Wildman–Crippen LogP) is 3.79. The number of pyridine rings is 1. The molecule has 2 heterocycles. The normalized spacial score (nSPS) is 13.5. The number of alkyl halides is 4. The maximum Gasteiger partial charge on any atom is 0.404 e. The smallest absolute Gasteiger partial charge is 0.404 e. The van der Waals surface area contributed by atoms with E-state index in [1.165, 1.54) is 43.8 Å². The van der Waals surface area contributed by atoms with Crippen LogP contribution in [0, 0.1) is 0 Å². The first-order chi connectivity index (χ1) is 17.6. The van der Waals surface area contributed by atoms with Gasteiger partial charge in [-0.15, -0.1) is 0 Å². The third kappa shape index (κ3) is 6.32. The lowest BCUT2D eigenvalue weighted by molar-refractivity contribution is -0.0502. The highest BCUT2D eigenvalue weighted by Crippen LogP contribution is 2.37. The molecule has 0 atom stereocenters. The maximum absolute atomic E-state index is 13.8. The minimum Gasteiger partial charge on any atom is -0.496 e. The Balaban J connectivity index is 1.62. The van der Waals surface area contributed by atoms with Crippen LogP contribution in [0.5, 0.6) is 17.2 Å². The molecular weight excluding hydrogens is 504 g/mol. The van der Waals surface area contributed by atoms with E-state index in [2.05, 4.69) is 15.0 Å². The topological polar surface area (TPSA) is 123 Å². The van der Waals surface area contributed by atoms with Crippen molar-refractivity contribution in [1.29, 1.82) is 0 Å². The number of carbonyl (C=O) groups excluding carboxylic acids is 1. The average molecular weight is 526 g/mol. The van der Waals surface area contributed by atoms with Crippen molar-refractivity contribution in [2.24, 2.45) is 0 Å². The summed E-state index contributed by atoms with van der Waals surface area (Å²) in [7, 11) is 1.29. The number of halogens is 4. The van der Waals surface area contributed by atoms with E-state index in [9.17, 15) is 27.2 Å². The third-order valence-corrected chi connectivity index (χ3v) is 5.37. The maximum atomic E-state index is 13.8. The molecule has 2 amide bonds. The summed E-state index contributed by atoms with van der Waals surface area (Å²) in [5, 5.41) is 12.8. The summed E-state index contributed by atoms with van der Waals surface area (Å²) >= 11 is 0. The standard InChI is InChI=1S/C23H22F4N4O6/c1-35-16-6-12(7-17(37-21(24)25)19(16)20(32)30-13-2-3-13)15-9-28-18-8-14(4-5-31(15)18)36-11-23(26,27)10-29-22(33)34/h4-9,13,21,29H,2-3,10-11H2,1H3,(H,30,32)(H,33,34). The van der Waals surface area contributed by atoms with Crippen LogP contribution in [0.1, 0.15) is 23.2 Å². The first-order valence-corrected chi connectivity index (χ1v) is 11.0. The Labute approximate surface area is 207 Å². The molecule has 10 nitrogen and oxygen atoms in total. The van der Waals surface area contributed by atoms with Crippen molar-refractivity contribution in [1.82, 2.24) is 20.0 Å². The van der Waals surface area contributed by atoms with Crippen LogP contribution >= 0.6 is 0 Å². The van der Waals surface area contributed by atoms with E-state index in [0.29, 0.717) is 11.3 Å². The molecule has 0 unspecified atom stereocenters. The van der Waals surface area contributed by atoms with Gasteiger partial charge >= 0.3 is 12.7 Å². The second-order valence-corrected chi connectivity index (χ2v) is 8.22. The summed E-state index contributed by atoms with van der Waals surface area (Å²) in [6.45, 7) is -5.39. The Bertz CT molecular complexity index is 1310. The van der Waals surface area contributed by atoms with Crippen LogP contribution in [-0.2, 0) is 0 Å². The molecule has 0 saturated heterocycles. The number of imidazole rings is 1. The van der Waals surface area contributed by atoms with Crippen molar-refractivity contribution in [2.45, 2.75) is 31.4 Å². The summed E-state index contributed by atoms with van der Waals surface area (Å²) in [6.07, 6.45) is 2.88. The molecule has 0 bridgehead atoms. The molecule has 0 spiro atoms. The van der Waals surface area contributed by atoms with E-state index < -0.39 is 37.7 Å². The van der Waals surface area contributed by atoms with Gasteiger partial charge in [-0.25, -0.2) is 18.6 Å². The Kier molecular flexibility index (Phi) is 7.27. The molecule has 37 heavy (non-hydrogen) atoms. The number of methoxy groups -OCH3 is 1. The zero-order chi connectivity index (χ0) is 26.7. The summed E-state index contributed by atoms with van der Waals surface area (Å²) < 4.78 is 70.5. The number of aromatic nitrogens is 2. The van der Waals surface area contributed by atoms with E-state index in [1.807, 2.05) is 0 Å². The van der Waals surface area contributed by atoms with Crippen LogP contribution in [0.15, 0.2) is 36.7 Å². The van der Waals surface area contributed by atoms with Gasteiger partial charge in [-0.05, 0) is 31.0 Å². The number of carboxylic acid groups (broad SMARTS) is 1. The van der Waals surface area contributed by atoms with Gasteiger partial charge in [0.25, 0.3) is 11.8 Å². The largest absolute Gasteiger partial charge is 0.496 e. The lowest BCUT2D eigenvalue weighted by Gasteiger charge is -2.17. The minimum atomic E-state index is -3.45. The van der Waals surface area contributed by atoms with E-state index in [0.717, 1.165) is 12.8 Å². The molecule has 14 heteroatoms. The monoisotopic (exact) mass is 526 g/mol.